The van der Waals surface area contributed by atoms with Crippen molar-refractivity contribution in [1.82, 2.24) is 9.97 Å². The van der Waals surface area contributed by atoms with Crippen LogP contribution in [0.3, 0.4) is 0 Å². The average molecular weight is 583 g/mol. The Labute approximate surface area is 254 Å². The van der Waals surface area contributed by atoms with Gasteiger partial charge in [0.05, 0.1) is 21.6 Å². The van der Waals surface area contributed by atoms with E-state index in [9.17, 15) is 4.79 Å². The maximum Gasteiger partial charge on any atom is 0.328 e. The lowest BCUT2D eigenvalue weighted by atomic mass is 9.98. The summed E-state index contributed by atoms with van der Waals surface area (Å²) < 4.78 is 7.20. The highest BCUT2D eigenvalue weighted by molar-refractivity contribution is 7.22. The highest BCUT2D eigenvalue weighted by atomic mass is 32.1. The molecule has 1 N–H and O–H groups in total. The van der Waals surface area contributed by atoms with Crippen LogP contribution in [0.15, 0.2) is 109 Å². The summed E-state index contributed by atoms with van der Waals surface area (Å²) in [5, 5.41) is 3.62. The van der Waals surface area contributed by atoms with E-state index in [1.165, 1.54) is 22.5 Å². The molecule has 3 heterocycles. The number of ether oxygens (including phenoxy) is 1. The number of fused-ring (bicyclic) bond motifs is 2. The van der Waals surface area contributed by atoms with Gasteiger partial charge in [-0.1, -0.05) is 90.2 Å². The van der Waals surface area contributed by atoms with Crippen LogP contribution in [0.2, 0.25) is 0 Å². The first-order valence-electron chi connectivity index (χ1n) is 14.4. The molecule has 6 aromatic rings. The van der Waals surface area contributed by atoms with Gasteiger partial charge in [0.2, 0.25) is 0 Å². The first-order chi connectivity index (χ1) is 21.1. The quantitative estimate of drug-likeness (QED) is 0.213. The molecule has 0 saturated carbocycles. The molecule has 0 saturated heterocycles. The molecule has 0 fully saturated rings. The van der Waals surface area contributed by atoms with Crippen LogP contribution in [0.5, 0.6) is 5.75 Å². The number of para-hydroxylation sites is 1. The molecule has 212 valence electrons. The van der Waals surface area contributed by atoms with Gasteiger partial charge in [-0.3, -0.25) is 10.2 Å². The van der Waals surface area contributed by atoms with Gasteiger partial charge in [0.15, 0.2) is 5.13 Å². The highest BCUT2D eigenvalue weighted by Gasteiger charge is 2.24. The zero-order chi connectivity index (χ0) is 29.2. The largest absolute Gasteiger partial charge is 0.487 e. The van der Waals surface area contributed by atoms with Crippen LogP contribution >= 0.6 is 11.3 Å². The molecule has 0 aliphatic carbocycles. The van der Waals surface area contributed by atoms with E-state index in [-0.39, 0.29) is 6.03 Å². The number of nitrogens with one attached hydrogen (secondary N) is 1. The van der Waals surface area contributed by atoms with E-state index in [2.05, 4.69) is 64.9 Å². The van der Waals surface area contributed by atoms with Gasteiger partial charge in [-0.2, -0.15) is 0 Å². The number of nitrogens with zero attached hydrogens (tertiary/aromatic N) is 3. The Kier molecular flexibility index (Phi) is 7.31. The van der Waals surface area contributed by atoms with Gasteiger partial charge in [0, 0.05) is 17.8 Å². The monoisotopic (exact) mass is 582 g/mol. The van der Waals surface area contributed by atoms with E-state index in [4.69, 9.17) is 9.72 Å². The normalized spacial score (nSPS) is 12.6. The van der Waals surface area contributed by atoms with Crippen LogP contribution in [-0.2, 0) is 13.0 Å². The molecule has 0 spiro atoms. The first-order valence-corrected chi connectivity index (χ1v) is 15.2. The van der Waals surface area contributed by atoms with Crippen LogP contribution < -0.4 is 15.0 Å². The number of hydrogen-bond donors (Lipinski definition) is 1. The summed E-state index contributed by atoms with van der Waals surface area (Å²) >= 11 is 1.48. The van der Waals surface area contributed by atoms with E-state index in [1.807, 2.05) is 66.4 Å². The van der Waals surface area contributed by atoms with E-state index in [0.717, 1.165) is 62.6 Å². The van der Waals surface area contributed by atoms with E-state index in [0.29, 0.717) is 18.3 Å². The molecule has 7 rings (SSSR count). The fraction of sp³-hybridized carbons (Fsp3) is 0.139. The van der Waals surface area contributed by atoms with Crippen LogP contribution in [0, 0.1) is 6.92 Å². The summed E-state index contributed by atoms with van der Waals surface area (Å²) in [7, 11) is 0. The van der Waals surface area contributed by atoms with Gasteiger partial charge in [-0.15, -0.1) is 0 Å². The second-order valence-electron chi connectivity index (χ2n) is 10.6. The van der Waals surface area contributed by atoms with Crippen molar-refractivity contribution in [3.05, 3.63) is 126 Å². The predicted octanol–water partition coefficient (Wildman–Crippen LogP) is 8.90. The van der Waals surface area contributed by atoms with Crippen LogP contribution in [0.1, 0.15) is 23.2 Å². The Morgan fingerprint density at radius 1 is 0.860 bits per heavy atom. The highest BCUT2D eigenvalue weighted by Crippen LogP contribution is 2.34. The average Bonchev–Trinajstić information content (AvgIpc) is 3.46. The molecule has 0 bridgehead atoms. The van der Waals surface area contributed by atoms with E-state index >= 15 is 0 Å². The third-order valence-electron chi connectivity index (χ3n) is 7.75. The topological polar surface area (TPSA) is 67.4 Å². The maximum absolute atomic E-state index is 13.4. The number of hydrogen-bond acceptors (Lipinski definition) is 5. The van der Waals surface area contributed by atoms with Crippen LogP contribution in [-0.4, -0.2) is 22.5 Å². The Balaban J connectivity index is 1.05. The van der Waals surface area contributed by atoms with Crippen LogP contribution in [0.25, 0.3) is 32.6 Å². The second-order valence-corrected chi connectivity index (χ2v) is 11.7. The SMILES string of the molecule is Cc1nc(-c2ccc3c(c2)N(C(=O)Nc2nc4ccccc4s2)CCC3)ccc1OCc1ccc(-c2ccccc2)cc1. The van der Waals surface area contributed by atoms with Crippen molar-refractivity contribution in [2.75, 3.05) is 16.8 Å². The van der Waals surface area contributed by atoms with Gasteiger partial charge in [0.1, 0.15) is 12.4 Å². The number of aryl methyl sites for hydroxylation is 2. The third kappa shape index (κ3) is 5.72. The lowest BCUT2D eigenvalue weighted by Gasteiger charge is -2.29. The van der Waals surface area contributed by atoms with Gasteiger partial charge in [0.25, 0.3) is 0 Å². The van der Waals surface area contributed by atoms with E-state index < -0.39 is 0 Å². The van der Waals surface area contributed by atoms with Crippen molar-refractivity contribution in [3.63, 3.8) is 0 Å². The lowest BCUT2D eigenvalue weighted by Crippen LogP contribution is -2.38. The molecule has 0 unspecified atom stereocenters. The lowest BCUT2D eigenvalue weighted by molar-refractivity contribution is 0.256. The first kappa shape index (κ1) is 26.9. The molecule has 43 heavy (non-hydrogen) atoms. The Morgan fingerprint density at radius 2 is 1.63 bits per heavy atom. The van der Waals surface area contributed by atoms with Crippen molar-refractivity contribution in [3.8, 4) is 28.1 Å². The van der Waals surface area contributed by atoms with Crippen molar-refractivity contribution >= 4 is 38.4 Å². The summed E-state index contributed by atoms with van der Waals surface area (Å²) in [6, 6.07) is 36.8. The van der Waals surface area contributed by atoms with Gasteiger partial charge < -0.3 is 4.74 Å². The van der Waals surface area contributed by atoms with Gasteiger partial charge in [-0.05, 0) is 72.4 Å². The fourth-order valence-electron chi connectivity index (χ4n) is 5.48. The zero-order valence-corrected chi connectivity index (χ0v) is 24.6. The molecule has 0 radical (unpaired) electrons. The van der Waals surface area contributed by atoms with E-state index in [1.54, 1.807) is 0 Å². The summed E-state index contributed by atoms with van der Waals surface area (Å²) in [4.78, 5) is 24.6. The summed E-state index contributed by atoms with van der Waals surface area (Å²) in [5.41, 5.74) is 9.07. The summed E-state index contributed by atoms with van der Waals surface area (Å²) in [5.74, 6) is 0.755. The Hall–Kier alpha value is -5.01. The number of benzene rings is 4. The minimum atomic E-state index is -0.165. The molecular formula is C36H30N4O2S. The number of anilines is 2. The van der Waals surface area contributed by atoms with Gasteiger partial charge in [-0.25, -0.2) is 14.8 Å². The number of rotatable bonds is 6. The molecule has 0 atom stereocenters. The zero-order valence-electron chi connectivity index (χ0n) is 23.8. The number of aromatic nitrogens is 2. The Bertz CT molecular complexity index is 1890. The number of thiazole rings is 1. The van der Waals surface area contributed by atoms with Crippen molar-refractivity contribution < 1.29 is 9.53 Å². The molecule has 6 nitrogen and oxygen atoms in total. The smallest absolute Gasteiger partial charge is 0.328 e. The third-order valence-corrected chi connectivity index (χ3v) is 8.70. The molecular weight excluding hydrogens is 552 g/mol. The number of carbonyl (C=O) groups is 1. The minimum Gasteiger partial charge on any atom is -0.487 e. The molecule has 1 aliphatic rings. The summed E-state index contributed by atoms with van der Waals surface area (Å²) in [6.45, 7) is 3.08. The molecule has 4 aromatic carbocycles. The fourth-order valence-corrected chi connectivity index (χ4v) is 6.33. The number of pyridine rings is 1. The molecule has 7 heteroatoms. The minimum absolute atomic E-state index is 0.165. The van der Waals surface area contributed by atoms with Crippen molar-refractivity contribution in [1.29, 1.82) is 0 Å². The number of amides is 2. The maximum atomic E-state index is 13.4. The van der Waals surface area contributed by atoms with Crippen LogP contribution in [0.4, 0.5) is 15.6 Å². The van der Waals surface area contributed by atoms with Gasteiger partial charge >= 0.3 is 6.03 Å². The van der Waals surface area contributed by atoms with Crippen molar-refractivity contribution in [2.24, 2.45) is 0 Å². The Morgan fingerprint density at radius 3 is 2.44 bits per heavy atom. The molecule has 2 aromatic heterocycles. The number of urea groups is 1. The number of carbonyl (C=O) groups excluding carboxylic acids is 1. The second kappa shape index (κ2) is 11.7. The molecule has 1 aliphatic heterocycles. The standard InChI is InChI=1S/C36H30N4O2S/c1-24-33(42-23-25-13-15-27(16-14-25)26-8-3-2-4-9-26)20-19-30(37-24)29-18-17-28-10-7-21-40(32(28)22-29)36(41)39-35-38-31-11-5-6-12-34(31)43-35/h2-6,8-9,11-20,22H,7,10,21,23H2,1H3,(H,38,39,41). The summed E-state index contributed by atoms with van der Waals surface area (Å²) in [6.07, 6.45) is 1.85. The molecule has 2 amide bonds. The predicted molar refractivity (Wildman–Crippen MR) is 175 cm³/mol. The van der Waals surface area contributed by atoms with Crippen molar-refractivity contribution in [2.45, 2.75) is 26.4 Å².